The number of hydrogen-bond acceptors (Lipinski definition) is 2. The predicted molar refractivity (Wildman–Crippen MR) is 94.4 cm³/mol. The first kappa shape index (κ1) is 17.4. The molecule has 6 heteroatoms. The van der Waals surface area contributed by atoms with Crippen LogP contribution >= 0.6 is 11.6 Å². The van der Waals surface area contributed by atoms with E-state index in [4.69, 9.17) is 11.6 Å². The van der Waals surface area contributed by atoms with Gasteiger partial charge in [-0.15, -0.1) is 0 Å². The maximum atomic E-state index is 13.2. The fraction of sp³-hybridized carbons (Fsp3) is 0.263. The number of benzene rings is 2. The molecule has 0 radical (unpaired) electrons. The van der Waals surface area contributed by atoms with Crippen LogP contribution in [0.5, 0.6) is 0 Å². The molecule has 0 N–H and O–H groups in total. The molecule has 0 unspecified atom stereocenters. The van der Waals surface area contributed by atoms with Crippen molar-refractivity contribution in [1.29, 1.82) is 0 Å². The highest BCUT2D eigenvalue weighted by atomic mass is 35.5. The fourth-order valence-electron chi connectivity index (χ4n) is 2.89. The summed E-state index contributed by atoms with van der Waals surface area (Å²) in [6.07, 6.45) is 0. The summed E-state index contributed by atoms with van der Waals surface area (Å²) in [7, 11) is 0. The highest BCUT2D eigenvalue weighted by Gasteiger charge is 2.25. The van der Waals surface area contributed by atoms with E-state index >= 15 is 0 Å². The molecule has 2 amide bonds. The van der Waals surface area contributed by atoms with E-state index in [1.165, 1.54) is 18.2 Å². The third kappa shape index (κ3) is 3.82. The Morgan fingerprint density at radius 1 is 0.920 bits per heavy atom. The van der Waals surface area contributed by atoms with Gasteiger partial charge in [-0.25, -0.2) is 4.39 Å². The molecule has 0 bridgehead atoms. The molecule has 1 heterocycles. The molecule has 0 spiro atoms. The predicted octanol–water partition coefficient (Wildman–Crippen LogP) is 3.39. The van der Waals surface area contributed by atoms with Gasteiger partial charge in [-0.05, 0) is 37.3 Å². The SMILES string of the molecule is Cc1cccc(C(=O)N2CCN(C(=O)c3ccc(F)c(Cl)c3)CC2)c1. The normalized spacial score (nSPS) is 14.5. The number of carbonyl (C=O) groups excluding carboxylic acids is 2. The first-order chi connectivity index (χ1) is 12.0. The van der Waals surface area contributed by atoms with Gasteiger partial charge < -0.3 is 9.80 Å². The minimum atomic E-state index is -0.549. The van der Waals surface area contributed by atoms with E-state index in [1.54, 1.807) is 15.9 Å². The lowest BCUT2D eigenvalue weighted by Crippen LogP contribution is -2.50. The summed E-state index contributed by atoms with van der Waals surface area (Å²) >= 11 is 5.74. The quantitative estimate of drug-likeness (QED) is 0.823. The van der Waals surface area contributed by atoms with Gasteiger partial charge in [0.1, 0.15) is 5.82 Å². The molecule has 1 aliphatic heterocycles. The molecule has 130 valence electrons. The zero-order valence-corrected chi connectivity index (χ0v) is 14.6. The number of carbonyl (C=O) groups is 2. The molecule has 3 rings (SSSR count). The molecule has 0 aromatic heterocycles. The average Bonchev–Trinajstić information content (AvgIpc) is 2.63. The summed E-state index contributed by atoms with van der Waals surface area (Å²) in [5.74, 6) is -0.781. The van der Waals surface area contributed by atoms with Crippen LogP contribution in [0, 0.1) is 12.7 Å². The van der Waals surface area contributed by atoms with Crippen LogP contribution in [0.2, 0.25) is 5.02 Å². The van der Waals surface area contributed by atoms with Crippen molar-refractivity contribution in [1.82, 2.24) is 9.80 Å². The van der Waals surface area contributed by atoms with Crippen LogP contribution in [0.1, 0.15) is 26.3 Å². The summed E-state index contributed by atoms with van der Waals surface area (Å²) in [5, 5.41) is -0.0703. The van der Waals surface area contributed by atoms with E-state index in [0.717, 1.165) is 5.56 Å². The minimum Gasteiger partial charge on any atom is -0.335 e. The van der Waals surface area contributed by atoms with Crippen molar-refractivity contribution in [3.63, 3.8) is 0 Å². The van der Waals surface area contributed by atoms with Crippen molar-refractivity contribution in [2.45, 2.75) is 6.92 Å². The smallest absolute Gasteiger partial charge is 0.254 e. The number of aryl methyl sites for hydroxylation is 1. The highest BCUT2D eigenvalue weighted by Crippen LogP contribution is 2.18. The van der Waals surface area contributed by atoms with Crippen LogP contribution in [-0.4, -0.2) is 47.8 Å². The summed E-state index contributed by atoms with van der Waals surface area (Å²) in [6, 6.07) is 11.4. The lowest BCUT2D eigenvalue weighted by atomic mass is 10.1. The maximum absolute atomic E-state index is 13.2. The van der Waals surface area contributed by atoms with Crippen LogP contribution in [0.25, 0.3) is 0 Å². The van der Waals surface area contributed by atoms with Gasteiger partial charge in [0.25, 0.3) is 11.8 Å². The van der Waals surface area contributed by atoms with Gasteiger partial charge in [0.05, 0.1) is 5.02 Å². The van der Waals surface area contributed by atoms with Crippen molar-refractivity contribution in [3.05, 3.63) is 70.0 Å². The molecular formula is C19H18ClFN2O2. The fourth-order valence-corrected chi connectivity index (χ4v) is 3.07. The Morgan fingerprint density at radius 3 is 2.00 bits per heavy atom. The van der Waals surface area contributed by atoms with Crippen LogP contribution in [-0.2, 0) is 0 Å². The number of hydrogen-bond donors (Lipinski definition) is 0. The molecule has 0 aliphatic carbocycles. The van der Waals surface area contributed by atoms with Gasteiger partial charge in [-0.2, -0.15) is 0 Å². The molecule has 2 aromatic carbocycles. The summed E-state index contributed by atoms with van der Waals surface area (Å²) < 4.78 is 13.2. The Balaban J connectivity index is 1.64. The van der Waals surface area contributed by atoms with Crippen LogP contribution < -0.4 is 0 Å². The molecule has 1 aliphatic rings. The van der Waals surface area contributed by atoms with Gasteiger partial charge in [-0.3, -0.25) is 9.59 Å². The summed E-state index contributed by atoms with van der Waals surface area (Å²) in [5.41, 5.74) is 2.04. The number of piperazine rings is 1. The third-order valence-electron chi connectivity index (χ3n) is 4.29. The van der Waals surface area contributed by atoms with Gasteiger partial charge in [0.2, 0.25) is 0 Å². The zero-order valence-electron chi connectivity index (χ0n) is 13.8. The summed E-state index contributed by atoms with van der Waals surface area (Å²) in [4.78, 5) is 28.4. The van der Waals surface area contributed by atoms with E-state index in [1.807, 2.05) is 25.1 Å². The Hall–Kier alpha value is -2.40. The summed E-state index contributed by atoms with van der Waals surface area (Å²) in [6.45, 7) is 3.75. The Kier molecular flexibility index (Phi) is 5.04. The molecule has 25 heavy (non-hydrogen) atoms. The van der Waals surface area contributed by atoms with Gasteiger partial charge in [-0.1, -0.05) is 29.3 Å². The number of halogens is 2. The topological polar surface area (TPSA) is 40.6 Å². The first-order valence-electron chi connectivity index (χ1n) is 8.06. The maximum Gasteiger partial charge on any atom is 0.254 e. The lowest BCUT2D eigenvalue weighted by molar-refractivity contribution is 0.0535. The second-order valence-electron chi connectivity index (χ2n) is 6.08. The molecule has 1 saturated heterocycles. The van der Waals surface area contributed by atoms with E-state index in [9.17, 15) is 14.0 Å². The number of nitrogens with zero attached hydrogens (tertiary/aromatic N) is 2. The molecule has 1 fully saturated rings. The average molecular weight is 361 g/mol. The van der Waals surface area contributed by atoms with Crippen molar-refractivity contribution >= 4 is 23.4 Å². The zero-order chi connectivity index (χ0) is 18.0. The first-order valence-corrected chi connectivity index (χ1v) is 8.44. The van der Waals surface area contributed by atoms with E-state index in [-0.39, 0.29) is 16.8 Å². The van der Waals surface area contributed by atoms with E-state index in [2.05, 4.69) is 0 Å². The minimum absolute atomic E-state index is 0.0272. The van der Waals surface area contributed by atoms with E-state index < -0.39 is 5.82 Å². The van der Waals surface area contributed by atoms with Gasteiger partial charge in [0.15, 0.2) is 0 Å². The molecule has 4 nitrogen and oxygen atoms in total. The van der Waals surface area contributed by atoms with Crippen molar-refractivity contribution in [2.75, 3.05) is 26.2 Å². The van der Waals surface area contributed by atoms with Gasteiger partial charge >= 0.3 is 0 Å². The van der Waals surface area contributed by atoms with Crippen LogP contribution in [0.4, 0.5) is 4.39 Å². The number of amides is 2. The van der Waals surface area contributed by atoms with Crippen LogP contribution in [0.15, 0.2) is 42.5 Å². The molecule has 0 saturated carbocycles. The lowest BCUT2D eigenvalue weighted by Gasteiger charge is -2.35. The Bertz CT molecular complexity index is 817. The Labute approximate surface area is 150 Å². The largest absolute Gasteiger partial charge is 0.335 e. The second-order valence-corrected chi connectivity index (χ2v) is 6.49. The Morgan fingerprint density at radius 2 is 1.48 bits per heavy atom. The van der Waals surface area contributed by atoms with Crippen molar-refractivity contribution in [2.24, 2.45) is 0 Å². The van der Waals surface area contributed by atoms with Crippen LogP contribution in [0.3, 0.4) is 0 Å². The second kappa shape index (κ2) is 7.23. The number of rotatable bonds is 2. The molecule has 0 atom stereocenters. The molecule has 2 aromatic rings. The van der Waals surface area contributed by atoms with Crippen molar-refractivity contribution in [3.8, 4) is 0 Å². The third-order valence-corrected chi connectivity index (χ3v) is 4.58. The van der Waals surface area contributed by atoms with Crippen molar-refractivity contribution < 1.29 is 14.0 Å². The molecular weight excluding hydrogens is 343 g/mol. The monoisotopic (exact) mass is 360 g/mol. The standard InChI is InChI=1S/C19H18ClFN2O2/c1-13-3-2-4-14(11-13)18(24)22-7-9-23(10-8-22)19(25)15-5-6-17(21)16(20)12-15/h2-6,11-12H,7-10H2,1H3. The highest BCUT2D eigenvalue weighted by molar-refractivity contribution is 6.31. The van der Waals surface area contributed by atoms with E-state index in [0.29, 0.717) is 37.3 Å². The van der Waals surface area contributed by atoms with Gasteiger partial charge in [0, 0.05) is 37.3 Å².